The summed E-state index contributed by atoms with van der Waals surface area (Å²) in [5.41, 5.74) is 9.30. The first kappa shape index (κ1) is 22.7. The molecule has 0 spiro atoms. The Morgan fingerprint density at radius 3 is 2.39 bits per heavy atom. The predicted molar refractivity (Wildman–Crippen MR) is 136 cm³/mol. The van der Waals surface area contributed by atoms with Gasteiger partial charge in [-0.15, -0.1) is 0 Å². The van der Waals surface area contributed by atoms with Gasteiger partial charge >= 0.3 is 6.03 Å². The second kappa shape index (κ2) is 9.27. The summed E-state index contributed by atoms with van der Waals surface area (Å²) < 4.78 is 1.45. The normalized spacial score (nSPS) is 21.8. The Balaban J connectivity index is 1.17. The van der Waals surface area contributed by atoms with E-state index in [1.54, 1.807) is 12.1 Å². The fourth-order valence-electron chi connectivity index (χ4n) is 5.19. The van der Waals surface area contributed by atoms with E-state index >= 15 is 0 Å². The minimum Gasteiger partial charge on any atom is -0.397 e. The third kappa shape index (κ3) is 4.50. The molecule has 5 rings (SSSR count). The molecule has 0 aliphatic carbocycles. The number of hydrogen-bond acceptors (Lipinski definition) is 4. The number of nitrogens with one attached hydrogen (secondary N) is 1. The Labute approximate surface area is 210 Å². The van der Waals surface area contributed by atoms with Crippen LogP contribution in [0.2, 0.25) is 0 Å². The number of para-hydroxylation sites is 1. The van der Waals surface area contributed by atoms with Gasteiger partial charge in [-0.05, 0) is 74.9 Å². The van der Waals surface area contributed by atoms with Crippen LogP contribution in [-0.4, -0.2) is 64.9 Å². The number of piperidine rings is 1. The highest BCUT2D eigenvalue weighted by molar-refractivity contribution is 9.11. The van der Waals surface area contributed by atoms with Crippen LogP contribution < -0.4 is 11.1 Å². The van der Waals surface area contributed by atoms with Crippen molar-refractivity contribution in [1.82, 2.24) is 14.7 Å². The molecular formula is C24H27Br2N5O2. The molecule has 3 amide bonds. The van der Waals surface area contributed by atoms with Crippen LogP contribution in [0.25, 0.3) is 0 Å². The number of likely N-dealkylation sites (tertiary alicyclic amines) is 2. The molecule has 2 fully saturated rings. The van der Waals surface area contributed by atoms with Crippen molar-refractivity contribution in [3.8, 4) is 0 Å². The summed E-state index contributed by atoms with van der Waals surface area (Å²) in [7, 11) is 0. The topological polar surface area (TPSA) is 81.9 Å². The maximum absolute atomic E-state index is 13.1. The van der Waals surface area contributed by atoms with E-state index in [1.165, 1.54) is 5.56 Å². The van der Waals surface area contributed by atoms with E-state index in [2.05, 4.69) is 48.1 Å². The highest BCUT2D eigenvalue weighted by Gasteiger charge is 2.36. The standard InChI is InChI=1S/C24H27Br2N5O2/c25-19-11-16(12-20(26)22(19)27)23(32)30-10-7-18(14-30)29-8-5-17(6-9-29)31-13-15-3-1-2-4-21(15)28-24(31)33/h1-4,11-12,17-18H,5-10,13-14,27H2,(H,28,33)/t18-/m1/s1. The van der Waals surface area contributed by atoms with Crippen molar-refractivity contribution < 1.29 is 9.59 Å². The second-order valence-electron chi connectivity index (χ2n) is 9.03. The summed E-state index contributed by atoms with van der Waals surface area (Å²) in [4.78, 5) is 32.1. The van der Waals surface area contributed by atoms with Gasteiger partial charge in [0.1, 0.15) is 0 Å². The van der Waals surface area contributed by atoms with Crippen molar-refractivity contribution in [2.45, 2.75) is 37.9 Å². The number of anilines is 2. The molecule has 9 heteroatoms. The third-order valence-corrected chi connectivity index (χ3v) is 8.41. The molecule has 0 radical (unpaired) electrons. The Hall–Kier alpha value is -2.10. The van der Waals surface area contributed by atoms with Gasteiger partial charge in [-0.2, -0.15) is 0 Å². The lowest BCUT2D eigenvalue weighted by molar-refractivity contribution is 0.0744. The molecule has 3 N–H and O–H groups in total. The molecule has 2 aromatic carbocycles. The summed E-state index contributed by atoms with van der Waals surface area (Å²) >= 11 is 6.87. The van der Waals surface area contributed by atoms with Gasteiger partial charge in [-0.3, -0.25) is 9.69 Å². The number of carbonyl (C=O) groups excluding carboxylic acids is 2. The number of halogens is 2. The van der Waals surface area contributed by atoms with Gasteiger partial charge in [0.25, 0.3) is 5.91 Å². The number of benzene rings is 2. The lowest BCUT2D eigenvalue weighted by Gasteiger charge is -2.42. The zero-order valence-corrected chi connectivity index (χ0v) is 21.4. The average molecular weight is 577 g/mol. The molecule has 174 valence electrons. The van der Waals surface area contributed by atoms with Gasteiger partial charge in [-0.1, -0.05) is 18.2 Å². The van der Waals surface area contributed by atoms with Crippen molar-refractivity contribution in [3.63, 3.8) is 0 Å². The molecule has 2 saturated heterocycles. The van der Waals surface area contributed by atoms with Crippen LogP contribution in [0.3, 0.4) is 0 Å². The summed E-state index contributed by atoms with van der Waals surface area (Å²) in [6, 6.07) is 12.2. The zero-order valence-electron chi connectivity index (χ0n) is 18.3. The quantitative estimate of drug-likeness (QED) is 0.526. The Morgan fingerprint density at radius 2 is 1.67 bits per heavy atom. The number of amides is 3. The Bertz CT molecular complexity index is 1060. The number of nitrogen functional groups attached to an aromatic ring is 1. The molecule has 0 bridgehead atoms. The van der Waals surface area contributed by atoms with Gasteiger partial charge in [0.2, 0.25) is 0 Å². The molecule has 3 aliphatic heterocycles. The number of urea groups is 1. The SMILES string of the molecule is Nc1c(Br)cc(C(=O)N2CC[C@@H](N3CCC(N4Cc5ccccc5NC4=O)CC3)C2)cc1Br. The number of nitrogens with zero attached hydrogens (tertiary/aromatic N) is 3. The zero-order chi connectivity index (χ0) is 23.1. The first-order valence-corrected chi connectivity index (χ1v) is 12.9. The van der Waals surface area contributed by atoms with Gasteiger partial charge in [0.15, 0.2) is 0 Å². The number of hydrogen-bond donors (Lipinski definition) is 2. The fourth-order valence-corrected chi connectivity index (χ4v) is 6.38. The number of fused-ring (bicyclic) bond motifs is 1. The van der Waals surface area contributed by atoms with E-state index in [1.807, 2.05) is 28.0 Å². The lowest BCUT2D eigenvalue weighted by Crippen LogP contribution is -2.52. The molecule has 0 aromatic heterocycles. The van der Waals surface area contributed by atoms with E-state index in [0.717, 1.165) is 60.1 Å². The molecule has 2 aromatic rings. The van der Waals surface area contributed by atoms with Crippen LogP contribution >= 0.6 is 31.9 Å². The van der Waals surface area contributed by atoms with E-state index in [0.29, 0.717) is 23.8 Å². The minimum atomic E-state index is 0.00519. The van der Waals surface area contributed by atoms with Crippen LogP contribution in [-0.2, 0) is 6.54 Å². The summed E-state index contributed by atoms with van der Waals surface area (Å²) in [5, 5.41) is 3.03. The maximum Gasteiger partial charge on any atom is 0.322 e. The van der Waals surface area contributed by atoms with Gasteiger partial charge < -0.3 is 20.9 Å². The average Bonchev–Trinajstić information content (AvgIpc) is 3.32. The number of nitrogens with two attached hydrogens (primary N) is 1. The first-order chi connectivity index (χ1) is 15.9. The van der Waals surface area contributed by atoms with E-state index in [4.69, 9.17) is 5.73 Å². The molecule has 3 aliphatic rings. The molecule has 33 heavy (non-hydrogen) atoms. The first-order valence-electron chi connectivity index (χ1n) is 11.3. The highest BCUT2D eigenvalue weighted by Crippen LogP contribution is 2.32. The maximum atomic E-state index is 13.1. The van der Waals surface area contributed by atoms with Gasteiger partial charge in [0.05, 0.1) is 5.69 Å². The highest BCUT2D eigenvalue weighted by atomic mass is 79.9. The van der Waals surface area contributed by atoms with Crippen LogP contribution in [0.5, 0.6) is 0 Å². The van der Waals surface area contributed by atoms with Crippen molar-refractivity contribution in [3.05, 3.63) is 56.5 Å². The number of carbonyl (C=O) groups is 2. The van der Waals surface area contributed by atoms with Crippen LogP contribution in [0, 0.1) is 0 Å². The number of rotatable bonds is 3. The Morgan fingerprint density at radius 1 is 1.00 bits per heavy atom. The van der Waals surface area contributed by atoms with Crippen LogP contribution in [0.15, 0.2) is 45.3 Å². The summed E-state index contributed by atoms with van der Waals surface area (Å²) in [6.45, 7) is 4.06. The lowest BCUT2D eigenvalue weighted by atomic mass is 9.99. The van der Waals surface area contributed by atoms with E-state index in [9.17, 15) is 9.59 Å². The second-order valence-corrected chi connectivity index (χ2v) is 10.7. The summed E-state index contributed by atoms with van der Waals surface area (Å²) in [6.07, 6.45) is 2.89. The van der Waals surface area contributed by atoms with E-state index < -0.39 is 0 Å². The fraction of sp³-hybridized carbons (Fsp3) is 0.417. The molecule has 1 atom stereocenters. The predicted octanol–water partition coefficient (Wildman–Crippen LogP) is 4.52. The summed E-state index contributed by atoms with van der Waals surface area (Å²) in [5.74, 6) is 0.0393. The molecule has 0 unspecified atom stereocenters. The third-order valence-electron chi connectivity index (χ3n) is 7.09. The molecule has 0 saturated carbocycles. The largest absolute Gasteiger partial charge is 0.397 e. The molecule has 7 nitrogen and oxygen atoms in total. The van der Waals surface area contributed by atoms with Crippen LogP contribution in [0.1, 0.15) is 35.2 Å². The minimum absolute atomic E-state index is 0.00519. The van der Waals surface area contributed by atoms with Gasteiger partial charge in [-0.25, -0.2) is 4.79 Å². The van der Waals surface area contributed by atoms with Gasteiger partial charge in [0, 0.05) is 65.0 Å². The molecular weight excluding hydrogens is 550 g/mol. The molecule has 3 heterocycles. The van der Waals surface area contributed by atoms with Crippen molar-refractivity contribution >= 4 is 55.2 Å². The van der Waals surface area contributed by atoms with Crippen molar-refractivity contribution in [2.24, 2.45) is 0 Å². The van der Waals surface area contributed by atoms with E-state index in [-0.39, 0.29) is 18.0 Å². The van der Waals surface area contributed by atoms with Crippen LogP contribution in [0.4, 0.5) is 16.2 Å². The van der Waals surface area contributed by atoms with Crippen molar-refractivity contribution in [1.29, 1.82) is 0 Å². The Kier molecular flexibility index (Phi) is 6.37. The smallest absolute Gasteiger partial charge is 0.322 e. The van der Waals surface area contributed by atoms with Crippen molar-refractivity contribution in [2.75, 3.05) is 37.2 Å². The monoisotopic (exact) mass is 575 g/mol.